The monoisotopic (exact) mass is 275 g/mol. The van der Waals surface area contributed by atoms with Gasteiger partial charge in [-0.15, -0.1) is 0 Å². The fourth-order valence-electron chi connectivity index (χ4n) is 2.79. The third-order valence-corrected chi connectivity index (χ3v) is 3.89. The van der Waals surface area contributed by atoms with E-state index < -0.39 is 4.92 Å². The molecule has 1 N–H and O–H groups in total. The maximum Gasteiger partial charge on any atom is 0.295 e. The molecule has 2 aromatic rings. The van der Waals surface area contributed by atoms with Crippen LogP contribution in [0.3, 0.4) is 0 Å². The Morgan fingerprint density at radius 3 is 2.95 bits per heavy atom. The summed E-state index contributed by atoms with van der Waals surface area (Å²) < 4.78 is 5.52. The van der Waals surface area contributed by atoms with Gasteiger partial charge >= 0.3 is 0 Å². The number of nitrogens with one attached hydrogen (secondary N) is 1. The van der Waals surface area contributed by atoms with Gasteiger partial charge in [0, 0.05) is 18.7 Å². The minimum absolute atomic E-state index is 0.0308. The molecule has 0 bridgehead atoms. The molecular formula is C14H17N3O3. The van der Waals surface area contributed by atoms with Gasteiger partial charge in [0.15, 0.2) is 5.58 Å². The number of oxazole rings is 1. The quantitative estimate of drug-likeness (QED) is 0.664. The van der Waals surface area contributed by atoms with Crippen molar-refractivity contribution in [2.75, 3.05) is 11.9 Å². The van der Waals surface area contributed by atoms with Crippen LogP contribution in [0.4, 0.5) is 11.7 Å². The van der Waals surface area contributed by atoms with Gasteiger partial charge in [0.1, 0.15) is 5.52 Å². The third kappa shape index (κ3) is 2.74. The summed E-state index contributed by atoms with van der Waals surface area (Å²) in [5, 5.41) is 13.9. The van der Waals surface area contributed by atoms with Crippen molar-refractivity contribution < 1.29 is 9.34 Å². The Labute approximate surface area is 116 Å². The second-order valence-electron chi connectivity index (χ2n) is 5.29. The predicted molar refractivity (Wildman–Crippen MR) is 75.7 cm³/mol. The van der Waals surface area contributed by atoms with Crippen molar-refractivity contribution in [1.82, 2.24) is 4.98 Å². The number of fused-ring (bicyclic) bond motifs is 1. The number of rotatable bonds is 5. The van der Waals surface area contributed by atoms with Gasteiger partial charge < -0.3 is 9.73 Å². The van der Waals surface area contributed by atoms with E-state index in [-0.39, 0.29) is 5.69 Å². The standard InChI is InChI=1S/C14H17N3O3/c18-17(19)11-5-6-13-12(9-11)16-14(20-13)15-8-7-10-3-1-2-4-10/h5-6,9-10H,1-4,7-8H2,(H,15,16). The van der Waals surface area contributed by atoms with Crippen LogP contribution in [0.15, 0.2) is 22.6 Å². The zero-order valence-corrected chi connectivity index (χ0v) is 11.2. The van der Waals surface area contributed by atoms with Gasteiger partial charge in [-0.3, -0.25) is 10.1 Å². The van der Waals surface area contributed by atoms with Crippen molar-refractivity contribution in [2.24, 2.45) is 5.92 Å². The van der Waals surface area contributed by atoms with Gasteiger partial charge in [-0.05, 0) is 18.4 Å². The maximum atomic E-state index is 10.7. The first-order chi connectivity index (χ1) is 9.72. The molecule has 1 aliphatic carbocycles. The number of nitro benzene ring substituents is 1. The Morgan fingerprint density at radius 1 is 1.40 bits per heavy atom. The van der Waals surface area contributed by atoms with E-state index in [2.05, 4.69) is 10.3 Å². The summed E-state index contributed by atoms with van der Waals surface area (Å²) in [5.74, 6) is 0.813. The Morgan fingerprint density at radius 2 is 2.20 bits per heavy atom. The largest absolute Gasteiger partial charge is 0.424 e. The van der Waals surface area contributed by atoms with Crippen LogP contribution in [-0.4, -0.2) is 16.5 Å². The Kier molecular flexibility index (Phi) is 3.54. The molecule has 0 amide bonds. The number of aromatic nitrogens is 1. The minimum Gasteiger partial charge on any atom is -0.424 e. The van der Waals surface area contributed by atoms with Crippen LogP contribution in [0.1, 0.15) is 32.1 Å². The lowest BCUT2D eigenvalue weighted by molar-refractivity contribution is -0.384. The molecule has 0 unspecified atom stereocenters. The van der Waals surface area contributed by atoms with Crippen LogP contribution in [0.5, 0.6) is 0 Å². The lowest BCUT2D eigenvalue weighted by atomic mass is 10.0. The van der Waals surface area contributed by atoms with Crippen molar-refractivity contribution in [3.63, 3.8) is 0 Å². The number of hydrogen-bond donors (Lipinski definition) is 1. The lowest BCUT2D eigenvalue weighted by Crippen LogP contribution is -2.06. The maximum absolute atomic E-state index is 10.7. The molecule has 0 saturated heterocycles. The van der Waals surface area contributed by atoms with Gasteiger partial charge in [0.25, 0.3) is 11.7 Å². The molecule has 1 fully saturated rings. The molecule has 6 heteroatoms. The lowest BCUT2D eigenvalue weighted by Gasteiger charge is -2.07. The fraction of sp³-hybridized carbons (Fsp3) is 0.500. The van der Waals surface area contributed by atoms with E-state index in [1.165, 1.54) is 37.8 Å². The molecule has 1 aliphatic rings. The van der Waals surface area contributed by atoms with Crippen molar-refractivity contribution in [1.29, 1.82) is 0 Å². The smallest absolute Gasteiger partial charge is 0.295 e. The normalized spacial score (nSPS) is 15.8. The van der Waals surface area contributed by atoms with Crippen LogP contribution in [-0.2, 0) is 0 Å². The number of benzene rings is 1. The van der Waals surface area contributed by atoms with Gasteiger partial charge in [-0.1, -0.05) is 25.7 Å². The molecule has 106 valence electrons. The summed E-state index contributed by atoms with van der Waals surface area (Å²) in [6, 6.07) is 4.89. The second kappa shape index (κ2) is 5.48. The molecule has 1 aromatic carbocycles. The highest BCUT2D eigenvalue weighted by atomic mass is 16.6. The number of hydrogen-bond acceptors (Lipinski definition) is 5. The van der Waals surface area contributed by atoms with Crippen LogP contribution in [0.25, 0.3) is 11.1 Å². The number of nitrogens with zero attached hydrogens (tertiary/aromatic N) is 2. The molecule has 0 atom stereocenters. The van der Waals surface area contributed by atoms with Gasteiger partial charge in [0.2, 0.25) is 0 Å². The first kappa shape index (κ1) is 12.9. The van der Waals surface area contributed by atoms with E-state index in [0.29, 0.717) is 17.1 Å². The summed E-state index contributed by atoms with van der Waals surface area (Å²) in [4.78, 5) is 14.5. The highest BCUT2D eigenvalue weighted by molar-refractivity contribution is 5.77. The molecule has 0 radical (unpaired) electrons. The second-order valence-corrected chi connectivity index (χ2v) is 5.29. The van der Waals surface area contributed by atoms with Crippen molar-refractivity contribution in [3.05, 3.63) is 28.3 Å². The van der Waals surface area contributed by atoms with Crippen LogP contribution < -0.4 is 5.32 Å². The molecule has 0 spiro atoms. The Hall–Kier alpha value is -2.11. The predicted octanol–water partition coefficient (Wildman–Crippen LogP) is 3.73. The van der Waals surface area contributed by atoms with E-state index in [9.17, 15) is 10.1 Å². The van der Waals surface area contributed by atoms with E-state index in [0.717, 1.165) is 18.9 Å². The SMILES string of the molecule is O=[N+]([O-])c1ccc2oc(NCCC3CCCC3)nc2c1. The van der Waals surface area contributed by atoms with Crippen molar-refractivity contribution >= 4 is 22.8 Å². The van der Waals surface area contributed by atoms with Crippen molar-refractivity contribution in [2.45, 2.75) is 32.1 Å². The van der Waals surface area contributed by atoms with E-state index in [1.54, 1.807) is 6.07 Å². The molecule has 0 aliphatic heterocycles. The average molecular weight is 275 g/mol. The summed E-state index contributed by atoms with van der Waals surface area (Å²) in [6.45, 7) is 0.833. The zero-order valence-electron chi connectivity index (χ0n) is 11.2. The summed E-state index contributed by atoms with van der Waals surface area (Å²) >= 11 is 0. The highest BCUT2D eigenvalue weighted by Gasteiger charge is 2.15. The molecular weight excluding hydrogens is 258 g/mol. The number of anilines is 1. The van der Waals surface area contributed by atoms with Crippen LogP contribution in [0, 0.1) is 16.0 Å². The summed E-state index contributed by atoms with van der Waals surface area (Å²) in [6.07, 6.45) is 6.45. The molecule has 3 rings (SSSR count). The number of nitro groups is 1. The molecule has 6 nitrogen and oxygen atoms in total. The van der Waals surface area contributed by atoms with Crippen LogP contribution in [0.2, 0.25) is 0 Å². The van der Waals surface area contributed by atoms with E-state index in [1.807, 2.05) is 0 Å². The Bertz CT molecular complexity index is 617. The average Bonchev–Trinajstić information content (AvgIpc) is 3.06. The minimum atomic E-state index is -0.429. The highest BCUT2D eigenvalue weighted by Crippen LogP contribution is 2.28. The van der Waals surface area contributed by atoms with Crippen LogP contribution >= 0.6 is 0 Å². The Balaban J connectivity index is 1.64. The third-order valence-electron chi connectivity index (χ3n) is 3.89. The topological polar surface area (TPSA) is 81.2 Å². The molecule has 1 aromatic heterocycles. The first-order valence-electron chi connectivity index (χ1n) is 7.01. The number of non-ortho nitro benzene ring substituents is 1. The van der Waals surface area contributed by atoms with Gasteiger partial charge in [-0.2, -0.15) is 4.98 Å². The fourth-order valence-corrected chi connectivity index (χ4v) is 2.79. The van der Waals surface area contributed by atoms with Gasteiger partial charge in [-0.25, -0.2) is 0 Å². The molecule has 20 heavy (non-hydrogen) atoms. The van der Waals surface area contributed by atoms with E-state index >= 15 is 0 Å². The van der Waals surface area contributed by atoms with Crippen molar-refractivity contribution in [3.8, 4) is 0 Å². The first-order valence-corrected chi connectivity index (χ1v) is 7.01. The molecule has 1 saturated carbocycles. The van der Waals surface area contributed by atoms with E-state index in [4.69, 9.17) is 4.42 Å². The summed E-state index contributed by atoms with van der Waals surface area (Å²) in [5.41, 5.74) is 1.12. The zero-order chi connectivity index (χ0) is 13.9. The molecule has 1 heterocycles. The van der Waals surface area contributed by atoms with Gasteiger partial charge in [0.05, 0.1) is 4.92 Å². The summed E-state index contributed by atoms with van der Waals surface area (Å²) in [7, 11) is 0.